The second kappa shape index (κ2) is 9.89. The summed E-state index contributed by atoms with van der Waals surface area (Å²) in [5, 5.41) is 6.35. The second-order valence-corrected chi connectivity index (χ2v) is 9.20. The Morgan fingerprint density at radius 1 is 1.17 bits per heavy atom. The molecule has 0 spiro atoms. The Bertz CT molecular complexity index is 612. The molecule has 170 valence electrons. The number of piperidine rings is 1. The molecule has 4 rings (SSSR count). The van der Waals surface area contributed by atoms with Crippen molar-refractivity contribution in [2.75, 3.05) is 32.8 Å². The van der Waals surface area contributed by atoms with Crippen LogP contribution < -0.4 is 16.1 Å². The zero-order valence-corrected chi connectivity index (χ0v) is 17.8. The smallest absolute Gasteiger partial charge is 0.251 e. The number of morpholine rings is 1. The highest BCUT2D eigenvalue weighted by Gasteiger charge is 2.45. The highest BCUT2D eigenvalue weighted by molar-refractivity contribution is 5.90. The van der Waals surface area contributed by atoms with Gasteiger partial charge >= 0.3 is 0 Å². The molecule has 1 saturated carbocycles. The van der Waals surface area contributed by atoms with E-state index in [-0.39, 0.29) is 29.8 Å². The Kier molecular flexibility index (Phi) is 7.23. The molecule has 0 bridgehead atoms. The zero-order chi connectivity index (χ0) is 21.1. The monoisotopic (exact) mass is 426 g/mol. The van der Waals surface area contributed by atoms with Crippen LogP contribution in [0.3, 0.4) is 0 Å². The molecule has 8 nitrogen and oxygen atoms in total. The van der Waals surface area contributed by atoms with Crippen LogP contribution >= 0.6 is 0 Å². The summed E-state index contributed by atoms with van der Waals surface area (Å²) in [6.07, 6.45) is 2.89. The number of hydroxylamine groups is 1. The molecular formula is C21H35FN4O4. The molecule has 30 heavy (non-hydrogen) atoms. The lowest BCUT2D eigenvalue weighted by molar-refractivity contribution is -0.165. The van der Waals surface area contributed by atoms with Crippen LogP contribution in [-0.2, 0) is 19.2 Å². The summed E-state index contributed by atoms with van der Waals surface area (Å²) in [4.78, 5) is 33.7. The van der Waals surface area contributed by atoms with Crippen LogP contribution in [0.2, 0.25) is 0 Å². The van der Waals surface area contributed by atoms with Crippen molar-refractivity contribution in [3.8, 4) is 0 Å². The summed E-state index contributed by atoms with van der Waals surface area (Å²) in [6.45, 7) is 5.01. The van der Waals surface area contributed by atoms with Crippen LogP contribution in [0.4, 0.5) is 4.39 Å². The summed E-state index contributed by atoms with van der Waals surface area (Å²) in [5.74, 6) is -0.347. The minimum absolute atomic E-state index is 0.0661. The van der Waals surface area contributed by atoms with Crippen molar-refractivity contribution >= 4 is 11.8 Å². The van der Waals surface area contributed by atoms with Crippen LogP contribution in [-0.4, -0.2) is 80.0 Å². The topological polar surface area (TPSA) is 91.9 Å². The summed E-state index contributed by atoms with van der Waals surface area (Å²) in [5.41, 5.74) is 2.95. The Morgan fingerprint density at radius 3 is 2.70 bits per heavy atom. The van der Waals surface area contributed by atoms with Crippen LogP contribution in [0, 0.1) is 11.8 Å². The molecule has 3 N–H and O–H groups in total. The van der Waals surface area contributed by atoms with Gasteiger partial charge in [-0.05, 0) is 44.6 Å². The van der Waals surface area contributed by atoms with Crippen LogP contribution in [0.1, 0.15) is 45.4 Å². The molecule has 3 saturated heterocycles. The van der Waals surface area contributed by atoms with Gasteiger partial charge in [-0.3, -0.25) is 14.4 Å². The zero-order valence-electron chi connectivity index (χ0n) is 17.8. The molecule has 1 aliphatic carbocycles. The van der Waals surface area contributed by atoms with Gasteiger partial charge in [-0.25, -0.2) is 4.39 Å². The predicted octanol–water partition coefficient (Wildman–Crippen LogP) is 0.518. The Morgan fingerprint density at radius 2 is 1.97 bits per heavy atom. The van der Waals surface area contributed by atoms with Gasteiger partial charge in [0.1, 0.15) is 12.2 Å². The molecule has 4 fully saturated rings. The van der Waals surface area contributed by atoms with Gasteiger partial charge < -0.3 is 20.3 Å². The number of carbonyl (C=O) groups is 2. The highest BCUT2D eigenvalue weighted by Crippen LogP contribution is 2.37. The Balaban J connectivity index is 1.42. The van der Waals surface area contributed by atoms with Gasteiger partial charge in [0.05, 0.1) is 13.2 Å². The van der Waals surface area contributed by atoms with Crippen molar-refractivity contribution in [1.29, 1.82) is 0 Å². The van der Waals surface area contributed by atoms with Crippen LogP contribution in [0.5, 0.6) is 0 Å². The van der Waals surface area contributed by atoms with E-state index in [9.17, 15) is 14.0 Å². The molecule has 3 heterocycles. The van der Waals surface area contributed by atoms with Crippen LogP contribution in [0.25, 0.3) is 0 Å². The third-order valence-electron chi connectivity index (χ3n) is 7.20. The second-order valence-electron chi connectivity index (χ2n) is 9.20. The number of amides is 2. The van der Waals surface area contributed by atoms with Gasteiger partial charge in [0, 0.05) is 31.1 Å². The number of hydrogen-bond donors (Lipinski definition) is 3. The van der Waals surface area contributed by atoms with E-state index in [0.29, 0.717) is 45.1 Å². The Hall–Kier alpha value is -1.29. The van der Waals surface area contributed by atoms with E-state index in [0.717, 1.165) is 32.2 Å². The summed E-state index contributed by atoms with van der Waals surface area (Å²) in [7, 11) is 0. The van der Waals surface area contributed by atoms with Crippen LogP contribution in [0.15, 0.2) is 0 Å². The average molecular weight is 427 g/mol. The molecular weight excluding hydrogens is 391 g/mol. The van der Waals surface area contributed by atoms with Gasteiger partial charge in [0.15, 0.2) is 6.10 Å². The largest absolute Gasteiger partial charge is 0.378 e. The normalized spacial score (nSPS) is 38.4. The number of hydrogen-bond acceptors (Lipinski definition) is 6. The van der Waals surface area contributed by atoms with Gasteiger partial charge in [0.25, 0.3) is 5.91 Å². The number of halogens is 1. The number of carbonyl (C=O) groups excluding carboxylic acids is 2. The van der Waals surface area contributed by atoms with E-state index >= 15 is 0 Å². The molecule has 7 unspecified atom stereocenters. The minimum Gasteiger partial charge on any atom is -0.378 e. The van der Waals surface area contributed by atoms with Gasteiger partial charge in [-0.1, -0.05) is 13.3 Å². The number of ether oxygens (including phenoxy) is 1. The standard InChI is InChI=1S/C21H35FN4O4/c1-13-5-6-15(22)14-12-17(30-25-18(13)14)20(27)24-19(16-4-2-3-7-23-16)21(28)26-8-10-29-11-9-26/h13-19,23,25H,2-12H2,1H3,(H,24,27). The van der Waals surface area contributed by atoms with E-state index in [1.165, 1.54) is 0 Å². The summed E-state index contributed by atoms with van der Waals surface area (Å²) in [6, 6.07) is -0.821. The fraction of sp³-hybridized carbons (Fsp3) is 0.905. The fourth-order valence-corrected chi connectivity index (χ4v) is 5.30. The van der Waals surface area contributed by atoms with Gasteiger partial charge in [-0.15, -0.1) is 0 Å². The van der Waals surface area contributed by atoms with E-state index in [4.69, 9.17) is 9.57 Å². The first-order chi connectivity index (χ1) is 14.5. The molecule has 3 aliphatic heterocycles. The molecule has 0 aromatic rings. The summed E-state index contributed by atoms with van der Waals surface area (Å²) < 4.78 is 19.9. The number of nitrogens with one attached hydrogen (secondary N) is 3. The third-order valence-corrected chi connectivity index (χ3v) is 7.20. The first-order valence-electron chi connectivity index (χ1n) is 11.5. The van der Waals surface area contributed by atoms with Crippen molar-refractivity contribution in [3.05, 3.63) is 0 Å². The average Bonchev–Trinajstić information content (AvgIpc) is 2.80. The first-order valence-corrected chi connectivity index (χ1v) is 11.5. The van der Waals surface area contributed by atoms with Crippen molar-refractivity contribution in [2.45, 2.75) is 75.8 Å². The lowest BCUT2D eigenvalue weighted by atomic mass is 9.74. The summed E-state index contributed by atoms with van der Waals surface area (Å²) >= 11 is 0. The van der Waals surface area contributed by atoms with E-state index in [2.05, 4.69) is 23.0 Å². The SMILES string of the molecule is CC1CCC(F)C2CC(C(=O)NC(C(=O)N3CCOCC3)C3CCCCN3)ONC12. The lowest BCUT2D eigenvalue weighted by Crippen LogP contribution is -2.63. The first kappa shape index (κ1) is 21.9. The number of nitrogens with zero attached hydrogens (tertiary/aromatic N) is 1. The maximum Gasteiger partial charge on any atom is 0.251 e. The molecule has 9 heteroatoms. The fourth-order valence-electron chi connectivity index (χ4n) is 5.30. The van der Waals surface area contributed by atoms with Crippen molar-refractivity contribution in [3.63, 3.8) is 0 Å². The molecule has 0 aromatic carbocycles. The third kappa shape index (κ3) is 4.79. The highest BCUT2D eigenvalue weighted by atomic mass is 19.1. The molecule has 0 radical (unpaired) electrons. The molecule has 2 amide bonds. The van der Waals surface area contributed by atoms with E-state index < -0.39 is 18.3 Å². The molecule has 4 aliphatic rings. The molecule has 7 atom stereocenters. The maximum absolute atomic E-state index is 14.5. The van der Waals surface area contributed by atoms with Crippen molar-refractivity contribution in [2.24, 2.45) is 11.8 Å². The lowest BCUT2D eigenvalue weighted by Gasteiger charge is -2.44. The number of alkyl halides is 1. The van der Waals surface area contributed by atoms with E-state index in [1.807, 2.05) is 0 Å². The molecule has 0 aromatic heterocycles. The van der Waals surface area contributed by atoms with Crippen molar-refractivity contribution < 1.29 is 23.6 Å². The van der Waals surface area contributed by atoms with Gasteiger partial charge in [-0.2, -0.15) is 5.48 Å². The minimum atomic E-state index is -0.927. The van der Waals surface area contributed by atoms with Crippen molar-refractivity contribution in [1.82, 2.24) is 21.0 Å². The van der Waals surface area contributed by atoms with E-state index in [1.54, 1.807) is 4.90 Å². The maximum atomic E-state index is 14.5. The Labute approximate surface area is 177 Å². The number of rotatable bonds is 4. The number of fused-ring (bicyclic) bond motifs is 1. The van der Waals surface area contributed by atoms with Gasteiger partial charge in [0.2, 0.25) is 5.91 Å². The predicted molar refractivity (Wildman–Crippen MR) is 108 cm³/mol. The quantitative estimate of drug-likeness (QED) is 0.607.